The van der Waals surface area contributed by atoms with Crippen LogP contribution in [0.25, 0.3) is 0 Å². The zero-order valence-electron chi connectivity index (χ0n) is 11.1. The second kappa shape index (κ2) is 5.15. The molecule has 3 N–H and O–H groups in total. The first-order valence-electron chi connectivity index (χ1n) is 5.86. The largest absolute Gasteiger partial charge is 0.348 e. The van der Waals surface area contributed by atoms with Gasteiger partial charge in [-0.15, -0.1) is 0 Å². The number of nitrogens with zero attached hydrogens (tertiary/aromatic N) is 4. The summed E-state index contributed by atoms with van der Waals surface area (Å²) in [4.78, 5) is 24.3. The number of anilines is 1. The van der Waals surface area contributed by atoms with Crippen molar-refractivity contribution in [1.29, 1.82) is 0 Å². The maximum Gasteiger partial charge on any atom is 0.348 e. The highest BCUT2D eigenvalue weighted by atomic mass is 16.1. The van der Waals surface area contributed by atoms with Gasteiger partial charge in [-0.1, -0.05) is 0 Å². The molecule has 0 radical (unpaired) electrons. The minimum atomic E-state index is -0.301. The highest BCUT2D eigenvalue weighted by molar-refractivity contribution is 5.34. The van der Waals surface area contributed by atoms with E-state index in [1.165, 1.54) is 4.57 Å². The number of hydrazine groups is 1. The number of nitrogens with two attached hydrogens (primary N) is 1. The van der Waals surface area contributed by atoms with Crippen LogP contribution in [0, 0.1) is 20.8 Å². The molecule has 0 amide bonds. The Bertz CT molecular complexity index is 664. The van der Waals surface area contributed by atoms with Crippen LogP contribution in [-0.4, -0.2) is 19.5 Å². The molecule has 0 saturated carbocycles. The van der Waals surface area contributed by atoms with Crippen molar-refractivity contribution in [3.05, 3.63) is 45.5 Å². The van der Waals surface area contributed by atoms with Crippen LogP contribution in [-0.2, 0) is 6.54 Å². The molecule has 0 saturated heterocycles. The van der Waals surface area contributed by atoms with Crippen molar-refractivity contribution in [2.24, 2.45) is 5.84 Å². The lowest BCUT2D eigenvalue weighted by atomic mass is 10.3. The summed E-state index contributed by atoms with van der Waals surface area (Å²) in [5.41, 5.74) is 4.48. The quantitative estimate of drug-likeness (QED) is 0.608. The molecule has 2 aromatic rings. The average molecular weight is 260 g/mol. The summed E-state index contributed by atoms with van der Waals surface area (Å²) in [5, 5.41) is 0. The first kappa shape index (κ1) is 13.2. The van der Waals surface area contributed by atoms with E-state index in [1.807, 2.05) is 19.9 Å². The Morgan fingerprint density at radius 1 is 1.16 bits per heavy atom. The molecule has 0 aliphatic carbocycles. The fourth-order valence-corrected chi connectivity index (χ4v) is 1.88. The number of nitrogen functional groups attached to an aromatic ring is 1. The van der Waals surface area contributed by atoms with Crippen molar-refractivity contribution < 1.29 is 0 Å². The van der Waals surface area contributed by atoms with Crippen LogP contribution in [0.4, 0.5) is 5.82 Å². The fraction of sp³-hybridized carbons (Fsp3) is 0.333. The van der Waals surface area contributed by atoms with Gasteiger partial charge in [-0.2, -0.15) is 4.98 Å². The van der Waals surface area contributed by atoms with E-state index in [2.05, 4.69) is 20.4 Å². The molecule has 100 valence electrons. The Hall–Kier alpha value is -2.28. The Kier molecular flexibility index (Phi) is 3.57. The summed E-state index contributed by atoms with van der Waals surface area (Å²) < 4.78 is 1.53. The number of hydrogen-bond donors (Lipinski definition) is 2. The zero-order chi connectivity index (χ0) is 14.0. The minimum absolute atomic E-state index is 0.272. The van der Waals surface area contributed by atoms with E-state index in [9.17, 15) is 4.79 Å². The molecule has 0 spiro atoms. The minimum Gasteiger partial charge on any atom is -0.308 e. The van der Waals surface area contributed by atoms with Crippen LogP contribution in [0.5, 0.6) is 0 Å². The molecule has 7 heteroatoms. The van der Waals surface area contributed by atoms with Crippen molar-refractivity contribution in [2.45, 2.75) is 27.3 Å². The van der Waals surface area contributed by atoms with Gasteiger partial charge in [0.2, 0.25) is 0 Å². The normalized spacial score (nSPS) is 10.5. The molecule has 0 atom stereocenters. The average Bonchev–Trinajstić information content (AvgIpc) is 2.33. The van der Waals surface area contributed by atoms with Crippen molar-refractivity contribution in [2.75, 3.05) is 5.43 Å². The molecule has 0 aliphatic rings. The highest BCUT2D eigenvalue weighted by Crippen LogP contribution is 2.06. The van der Waals surface area contributed by atoms with Crippen molar-refractivity contribution >= 4 is 5.82 Å². The Morgan fingerprint density at radius 2 is 1.84 bits per heavy atom. The summed E-state index contributed by atoms with van der Waals surface area (Å²) >= 11 is 0. The predicted molar refractivity (Wildman–Crippen MR) is 71.7 cm³/mol. The lowest BCUT2D eigenvalue weighted by Gasteiger charge is -2.10. The van der Waals surface area contributed by atoms with Gasteiger partial charge in [0.15, 0.2) is 5.82 Å². The van der Waals surface area contributed by atoms with E-state index in [0.29, 0.717) is 17.3 Å². The number of hydrogen-bond acceptors (Lipinski definition) is 6. The van der Waals surface area contributed by atoms with E-state index in [0.717, 1.165) is 11.4 Å². The van der Waals surface area contributed by atoms with Crippen molar-refractivity contribution in [3.63, 3.8) is 0 Å². The van der Waals surface area contributed by atoms with Crippen molar-refractivity contribution in [3.8, 4) is 0 Å². The number of aromatic nitrogens is 4. The van der Waals surface area contributed by atoms with Gasteiger partial charge in [0.1, 0.15) is 5.82 Å². The lowest BCUT2D eigenvalue weighted by molar-refractivity contribution is 0.662. The van der Waals surface area contributed by atoms with E-state index >= 15 is 0 Å². The third kappa shape index (κ3) is 2.94. The van der Waals surface area contributed by atoms with Crippen LogP contribution < -0.4 is 17.0 Å². The van der Waals surface area contributed by atoms with Gasteiger partial charge < -0.3 is 5.43 Å². The summed E-state index contributed by atoms with van der Waals surface area (Å²) in [6, 6.07) is 3.58. The third-order valence-corrected chi connectivity index (χ3v) is 2.69. The smallest absolute Gasteiger partial charge is 0.308 e. The van der Waals surface area contributed by atoms with Gasteiger partial charge in [0.05, 0.1) is 6.54 Å². The van der Waals surface area contributed by atoms with Crippen LogP contribution >= 0.6 is 0 Å². The summed E-state index contributed by atoms with van der Waals surface area (Å²) in [7, 11) is 0. The summed E-state index contributed by atoms with van der Waals surface area (Å²) in [6.45, 7) is 5.76. The predicted octanol–water partition coefficient (Wildman–Crippen LogP) is 0.292. The molecular formula is C12H16N6O. The molecule has 2 heterocycles. The van der Waals surface area contributed by atoms with E-state index in [1.54, 1.807) is 13.0 Å². The molecule has 0 aliphatic heterocycles. The molecule has 2 rings (SSSR count). The number of rotatable bonds is 3. The molecule has 0 bridgehead atoms. The van der Waals surface area contributed by atoms with Gasteiger partial charge in [0, 0.05) is 23.1 Å². The Morgan fingerprint density at radius 3 is 2.47 bits per heavy atom. The maximum absolute atomic E-state index is 11.9. The second-order valence-electron chi connectivity index (χ2n) is 4.36. The van der Waals surface area contributed by atoms with Gasteiger partial charge in [-0.3, -0.25) is 4.57 Å². The SMILES string of the molecule is Cc1cc(NN)nc(Cn2c(C)cc(C)nc2=O)n1. The van der Waals surface area contributed by atoms with Gasteiger partial charge in [0.25, 0.3) is 0 Å². The fourth-order valence-electron chi connectivity index (χ4n) is 1.88. The zero-order valence-corrected chi connectivity index (χ0v) is 11.1. The van der Waals surface area contributed by atoms with E-state index in [-0.39, 0.29) is 12.2 Å². The van der Waals surface area contributed by atoms with E-state index in [4.69, 9.17) is 5.84 Å². The molecule has 19 heavy (non-hydrogen) atoms. The highest BCUT2D eigenvalue weighted by Gasteiger charge is 2.07. The van der Waals surface area contributed by atoms with Gasteiger partial charge >= 0.3 is 5.69 Å². The maximum atomic E-state index is 11.9. The standard InChI is InChI=1S/C12H16N6O/c1-7-4-9(3)18(12(19)15-7)6-11-14-8(2)5-10(16-11)17-13/h4-5H,6,13H2,1-3H3,(H,14,16,17). The molecule has 0 aromatic carbocycles. The first-order chi connectivity index (χ1) is 8.99. The molecule has 0 fully saturated rings. The lowest BCUT2D eigenvalue weighted by Crippen LogP contribution is -2.27. The van der Waals surface area contributed by atoms with Crippen LogP contribution in [0.2, 0.25) is 0 Å². The van der Waals surface area contributed by atoms with Crippen LogP contribution in [0.1, 0.15) is 22.9 Å². The third-order valence-electron chi connectivity index (χ3n) is 2.69. The molecule has 2 aromatic heterocycles. The van der Waals surface area contributed by atoms with Crippen LogP contribution in [0.3, 0.4) is 0 Å². The van der Waals surface area contributed by atoms with Gasteiger partial charge in [-0.05, 0) is 26.8 Å². The topological polar surface area (TPSA) is 98.7 Å². The molecule has 7 nitrogen and oxygen atoms in total. The molecule has 0 unspecified atom stereocenters. The monoisotopic (exact) mass is 260 g/mol. The van der Waals surface area contributed by atoms with Crippen molar-refractivity contribution in [1.82, 2.24) is 19.5 Å². The Balaban J connectivity index is 2.42. The first-order valence-corrected chi connectivity index (χ1v) is 5.86. The molecular weight excluding hydrogens is 244 g/mol. The van der Waals surface area contributed by atoms with Crippen LogP contribution in [0.15, 0.2) is 16.9 Å². The number of aryl methyl sites for hydroxylation is 3. The second-order valence-corrected chi connectivity index (χ2v) is 4.36. The Labute approximate surface area is 110 Å². The number of nitrogens with one attached hydrogen (secondary N) is 1. The van der Waals surface area contributed by atoms with E-state index < -0.39 is 0 Å². The summed E-state index contributed by atoms with van der Waals surface area (Å²) in [5.74, 6) is 6.38. The van der Waals surface area contributed by atoms with Gasteiger partial charge in [-0.25, -0.2) is 20.6 Å². The summed E-state index contributed by atoms with van der Waals surface area (Å²) in [6.07, 6.45) is 0.